The van der Waals surface area contributed by atoms with E-state index >= 15 is 0 Å². The van der Waals surface area contributed by atoms with Gasteiger partial charge in [0.1, 0.15) is 0 Å². The van der Waals surface area contributed by atoms with Crippen molar-refractivity contribution in [3.63, 3.8) is 0 Å². The molecule has 0 radical (unpaired) electrons. The number of halogens is 4. The summed E-state index contributed by atoms with van der Waals surface area (Å²) in [6.07, 6.45) is -2.74. The molecule has 4 aromatic rings. The lowest BCUT2D eigenvalue weighted by atomic mass is 10.2. The van der Waals surface area contributed by atoms with Crippen LogP contribution in [0.3, 0.4) is 0 Å². The molecule has 5 nitrogen and oxygen atoms in total. The molecule has 0 bridgehead atoms. The van der Waals surface area contributed by atoms with E-state index in [1.165, 1.54) is 5.56 Å². The molecule has 0 atom stereocenters. The Hall–Kier alpha value is -1.98. The monoisotopic (exact) mass is 471 g/mol. The number of alkyl halides is 3. The Kier molecular flexibility index (Phi) is 4.91. The third kappa shape index (κ3) is 3.85. The number of nitrogens with zero attached hydrogens (tertiary/aromatic N) is 5. The third-order valence-electron chi connectivity index (χ3n) is 3.54. The molecule has 0 unspecified atom stereocenters. The first-order chi connectivity index (χ1) is 12.9. The van der Waals surface area contributed by atoms with Gasteiger partial charge in [0, 0.05) is 16.8 Å². The molecule has 11 heteroatoms. The summed E-state index contributed by atoms with van der Waals surface area (Å²) in [5.74, 6) is 0.980. The van der Waals surface area contributed by atoms with Crippen LogP contribution in [-0.2, 0) is 11.9 Å². The van der Waals surface area contributed by atoms with E-state index in [1.54, 1.807) is 22.4 Å². The largest absolute Gasteiger partial charge is 0.445 e. The lowest BCUT2D eigenvalue weighted by Gasteiger charge is -2.05. The van der Waals surface area contributed by atoms with Crippen LogP contribution in [0.2, 0.25) is 0 Å². The van der Waals surface area contributed by atoms with Gasteiger partial charge in [0.2, 0.25) is 5.01 Å². The van der Waals surface area contributed by atoms with Crippen molar-refractivity contribution in [3.8, 4) is 10.8 Å². The zero-order valence-electron chi connectivity index (χ0n) is 13.3. The van der Waals surface area contributed by atoms with Crippen LogP contribution in [-0.4, -0.2) is 24.8 Å². The number of rotatable bonds is 4. The molecule has 3 heterocycles. The van der Waals surface area contributed by atoms with Crippen LogP contribution in [0.1, 0.15) is 10.6 Å². The van der Waals surface area contributed by atoms with Gasteiger partial charge in [0.05, 0.1) is 4.47 Å². The number of pyridine rings is 1. The fraction of sp³-hybridized carbons (Fsp3) is 0.125. The second kappa shape index (κ2) is 7.21. The lowest BCUT2D eigenvalue weighted by Crippen LogP contribution is -2.03. The van der Waals surface area contributed by atoms with E-state index in [-0.39, 0.29) is 10.8 Å². The molecule has 1 aromatic carbocycles. The molecule has 0 saturated heterocycles. The maximum Gasteiger partial charge on any atom is 0.445 e. The summed E-state index contributed by atoms with van der Waals surface area (Å²) in [6.45, 7) is 0. The molecule has 0 aliphatic rings. The maximum atomic E-state index is 12.8. The Morgan fingerprint density at radius 1 is 1.07 bits per heavy atom. The second-order valence-corrected chi connectivity index (χ2v) is 8.31. The summed E-state index contributed by atoms with van der Waals surface area (Å²) >= 11 is 5.49. The summed E-state index contributed by atoms with van der Waals surface area (Å²) in [5, 5.41) is 13.9. The van der Waals surface area contributed by atoms with Gasteiger partial charge in [0.15, 0.2) is 16.5 Å². The fourth-order valence-corrected chi connectivity index (χ4v) is 4.59. The normalized spacial score (nSPS) is 12.0. The minimum absolute atomic E-state index is 0.0620. The minimum atomic E-state index is -4.53. The molecule has 138 valence electrons. The molecule has 0 amide bonds. The number of benzene rings is 1. The first-order valence-electron chi connectivity index (χ1n) is 7.54. The molecule has 0 saturated carbocycles. The summed E-state index contributed by atoms with van der Waals surface area (Å²) in [5.41, 5.74) is 1.67. The van der Waals surface area contributed by atoms with Crippen molar-refractivity contribution in [2.24, 2.45) is 0 Å². The number of thioether (sulfide) groups is 1. The van der Waals surface area contributed by atoms with Gasteiger partial charge in [-0.1, -0.05) is 41.7 Å². The summed E-state index contributed by atoms with van der Waals surface area (Å²) < 4.78 is 40.7. The van der Waals surface area contributed by atoms with E-state index < -0.39 is 11.2 Å². The van der Waals surface area contributed by atoms with E-state index in [0.29, 0.717) is 21.5 Å². The Morgan fingerprint density at radius 3 is 2.56 bits per heavy atom. The summed E-state index contributed by atoms with van der Waals surface area (Å²) in [6, 6.07) is 11.9. The van der Waals surface area contributed by atoms with Gasteiger partial charge in [-0.25, -0.2) is 0 Å². The van der Waals surface area contributed by atoms with Crippen molar-refractivity contribution in [3.05, 3.63) is 57.6 Å². The molecular formula is C16H9BrF3N5S2. The SMILES string of the molecule is FC(F)(F)c1nnc(-c2nnc3c(Br)cc(SCc4ccccc4)cn23)s1. The Morgan fingerprint density at radius 2 is 1.85 bits per heavy atom. The van der Waals surface area contributed by atoms with Crippen molar-refractivity contribution < 1.29 is 13.2 Å². The molecule has 0 spiro atoms. The highest BCUT2D eigenvalue weighted by atomic mass is 79.9. The van der Waals surface area contributed by atoms with E-state index in [0.717, 1.165) is 10.6 Å². The van der Waals surface area contributed by atoms with Crippen molar-refractivity contribution >= 4 is 44.7 Å². The van der Waals surface area contributed by atoms with Crippen LogP contribution >= 0.6 is 39.0 Å². The summed E-state index contributed by atoms with van der Waals surface area (Å²) in [7, 11) is 0. The molecule has 0 N–H and O–H groups in total. The smallest absolute Gasteiger partial charge is 0.278 e. The minimum Gasteiger partial charge on any atom is -0.278 e. The highest BCUT2D eigenvalue weighted by molar-refractivity contribution is 9.10. The average molecular weight is 472 g/mol. The van der Waals surface area contributed by atoms with Crippen LogP contribution in [0.25, 0.3) is 16.5 Å². The van der Waals surface area contributed by atoms with Crippen LogP contribution in [0.15, 0.2) is 52.0 Å². The first-order valence-corrected chi connectivity index (χ1v) is 10.1. The molecule has 0 aliphatic heterocycles. The topological polar surface area (TPSA) is 56.0 Å². The van der Waals surface area contributed by atoms with Crippen LogP contribution < -0.4 is 0 Å². The van der Waals surface area contributed by atoms with Crippen LogP contribution in [0, 0.1) is 0 Å². The highest BCUT2D eigenvalue weighted by Crippen LogP contribution is 2.35. The zero-order chi connectivity index (χ0) is 19.0. The maximum absolute atomic E-state index is 12.8. The molecule has 27 heavy (non-hydrogen) atoms. The third-order valence-corrected chi connectivity index (χ3v) is 6.12. The van der Waals surface area contributed by atoms with Crippen LogP contribution in [0.4, 0.5) is 13.2 Å². The number of hydrogen-bond donors (Lipinski definition) is 0. The van der Waals surface area contributed by atoms with Gasteiger partial charge in [-0.2, -0.15) is 13.2 Å². The van der Waals surface area contributed by atoms with E-state index in [9.17, 15) is 13.2 Å². The van der Waals surface area contributed by atoms with Gasteiger partial charge in [-0.3, -0.25) is 4.40 Å². The fourth-order valence-electron chi connectivity index (χ4n) is 2.32. The predicted octanol–water partition coefficient (Wildman–Crippen LogP) is 5.32. The van der Waals surface area contributed by atoms with Gasteiger partial charge in [-0.05, 0) is 27.6 Å². The standard InChI is InChI=1S/C16H9BrF3N5S2/c17-11-6-10(26-8-9-4-2-1-3-5-9)7-25-12(11)21-22-13(25)14-23-24-15(27-14)16(18,19)20/h1-7H,8H2. The molecular weight excluding hydrogens is 463 g/mol. The number of aromatic nitrogens is 5. The quantitative estimate of drug-likeness (QED) is 0.377. The molecule has 4 rings (SSSR count). The van der Waals surface area contributed by atoms with Crippen molar-refractivity contribution in [1.82, 2.24) is 24.8 Å². The lowest BCUT2D eigenvalue weighted by molar-refractivity contribution is -0.138. The van der Waals surface area contributed by atoms with Crippen molar-refractivity contribution in [2.75, 3.05) is 0 Å². The zero-order valence-corrected chi connectivity index (χ0v) is 16.5. The summed E-state index contributed by atoms with van der Waals surface area (Å²) in [4.78, 5) is 0.917. The molecule has 0 fully saturated rings. The van der Waals surface area contributed by atoms with Gasteiger partial charge in [0.25, 0.3) is 0 Å². The number of fused-ring (bicyclic) bond motifs is 1. The van der Waals surface area contributed by atoms with Crippen molar-refractivity contribution in [2.45, 2.75) is 16.8 Å². The Bertz CT molecular complexity index is 1090. The van der Waals surface area contributed by atoms with E-state index in [4.69, 9.17) is 0 Å². The van der Waals surface area contributed by atoms with Gasteiger partial charge >= 0.3 is 6.18 Å². The van der Waals surface area contributed by atoms with Crippen LogP contribution in [0.5, 0.6) is 0 Å². The van der Waals surface area contributed by atoms with E-state index in [1.807, 2.05) is 36.4 Å². The van der Waals surface area contributed by atoms with Crippen molar-refractivity contribution in [1.29, 1.82) is 0 Å². The second-order valence-electron chi connectivity index (χ2n) is 5.43. The molecule has 0 aliphatic carbocycles. The predicted molar refractivity (Wildman–Crippen MR) is 101 cm³/mol. The van der Waals surface area contributed by atoms with Gasteiger partial charge < -0.3 is 0 Å². The van der Waals surface area contributed by atoms with Gasteiger partial charge in [-0.15, -0.1) is 32.2 Å². The first kappa shape index (κ1) is 18.4. The highest BCUT2D eigenvalue weighted by Gasteiger charge is 2.36. The Balaban J connectivity index is 1.69. The van der Waals surface area contributed by atoms with E-state index in [2.05, 4.69) is 36.3 Å². The Labute approximate surface area is 167 Å². The average Bonchev–Trinajstić information content (AvgIpc) is 3.27. The molecule has 3 aromatic heterocycles. The number of hydrogen-bond acceptors (Lipinski definition) is 6.